The molecule has 0 amide bonds. The molecule has 38 heavy (non-hydrogen) atoms. The second-order valence-electron chi connectivity index (χ2n) is 8.56. The Bertz CT molecular complexity index is 1680. The van der Waals surface area contributed by atoms with Gasteiger partial charge in [0.05, 0.1) is 4.91 Å². The molecule has 7 rings (SSSR count). The quantitative estimate of drug-likeness (QED) is 0.479. The van der Waals surface area contributed by atoms with E-state index in [-0.39, 0.29) is 47.9 Å². The van der Waals surface area contributed by atoms with E-state index in [1.54, 1.807) is 36.4 Å². The molecule has 0 aliphatic carbocycles. The topological polar surface area (TPSA) is 139 Å². The number of ether oxygens (including phenoxy) is 6. The van der Waals surface area contributed by atoms with Gasteiger partial charge in [-0.1, -0.05) is 17.8 Å². The second-order valence-corrected chi connectivity index (χ2v) is 11.3. The molecule has 194 valence electrons. The van der Waals surface area contributed by atoms with E-state index in [1.165, 1.54) is 6.07 Å². The van der Waals surface area contributed by atoms with Gasteiger partial charge in [0.25, 0.3) is 10.0 Å². The number of hydrogen-bond donors (Lipinski definition) is 2. The van der Waals surface area contributed by atoms with Gasteiger partial charge in [0, 0.05) is 22.4 Å². The summed E-state index contributed by atoms with van der Waals surface area (Å²) < 4.78 is 62.3. The molecule has 4 aliphatic rings. The molecule has 0 spiro atoms. The third-order valence-electron chi connectivity index (χ3n) is 6.28. The summed E-state index contributed by atoms with van der Waals surface area (Å²) in [6, 6.07) is 12.0. The SMILES string of the molecule is O=C(O)C1=C(Sc2ccc3c(c2)OCO3)c2cc3c(c(Cc4ccc5c(c4)OCO5)c2S(=O)(=O)N1)OCO3. The van der Waals surface area contributed by atoms with E-state index in [9.17, 15) is 18.3 Å². The fourth-order valence-electron chi connectivity index (χ4n) is 4.66. The molecular formula is C25H17NO10S2. The average Bonchev–Trinajstić information content (AvgIpc) is 3.65. The highest BCUT2D eigenvalue weighted by atomic mass is 32.2. The number of benzene rings is 3. The molecule has 11 nitrogen and oxygen atoms in total. The van der Waals surface area contributed by atoms with E-state index in [0.717, 1.165) is 17.3 Å². The number of hydrogen-bond acceptors (Lipinski definition) is 10. The van der Waals surface area contributed by atoms with Crippen molar-refractivity contribution in [2.75, 3.05) is 20.4 Å². The van der Waals surface area contributed by atoms with Crippen LogP contribution in [0.15, 0.2) is 58.0 Å². The molecule has 0 bridgehead atoms. The summed E-state index contributed by atoms with van der Waals surface area (Å²) in [5.41, 5.74) is 0.819. The van der Waals surface area contributed by atoms with Crippen LogP contribution in [0.1, 0.15) is 16.7 Å². The zero-order valence-corrected chi connectivity index (χ0v) is 20.9. The van der Waals surface area contributed by atoms with Crippen molar-refractivity contribution in [2.24, 2.45) is 0 Å². The second kappa shape index (κ2) is 8.39. The average molecular weight is 556 g/mol. The number of carbonyl (C=O) groups is 1. The summed E-state index contributed by atoms with van der Waals surface area (Å²) in [5, 5.41) is 9.96. The molecule has 13 heteroatoms. The first kappa shape index (κ1) is 22.9. The van der Waals surface area contributed by atoms with Gasteiger partial charge in [-0.15, -0.1) is 0 Å². The van der Waals surface area contributed by atoms with Crippen LogP contribution in [0.4, 0.5) is 0 Å². The lowest BCUT2D eigenvalue weighted by Crippen LogP contribution is -2.33. The standard InChI is InChI=1S/C25H17NO10S2/c27-25(28)21-23(37-13-2-4-17-19(7-13)34-10-32-17)15-8-20-22(36-11-35-20)14(24(15)38(29,30)26-21)5-12-1-3-16-18(6-12)33-9-31-16/h1-4,6-8,26H,5,9-11H2,(H,27,28). The number of rotatable bonds is 5. The monoisotopic (exact) mass is 555 g/mol. The Labute approximate surface area is 219 Å². The van der Waals surface area contributed by atoms with Gasteiger partial charge in [0.2, 0.25) is 20.4 Å². The predicted octanol–water partition coefficient (Wildman–Crippen LogP) is 3.30. The fourth-order valence-corrected chi connectivity index (χ4v) is 7.33. The first-order valence-corrected chi connectivity index (χ1v) is 13.6. The summed E-state index contributed by atoms with van der Waals surface area (Å²) >= 11 is 1.09. The minimum absolute atomic E-state index is 0.0762. The molecule has 0 saturated heterocycles. The minimum atomic E-state index is -4.29. The van der Waals surface area contributed by atoms with Gasteiger partial charge in [0.15, 0.2) is 34.5 Å². The Morgan fingerprint density at radius 3 is 2.26 bits per heavy atom. The number of carboxylic acid groups (broad SMARTS) is 1. The zero-order valence-electron chi connectivity index (χ0n) is 19.3. The summed E-state index contributed by atoms with van der Waals surface area (Å²) in [6.45, 7) is 0.0925. The molecular weight excluding hydrogens is 538 g/mol. The molecule has 4 aliphatic heterocycles. The number of fused-ring (bicyclic) bond motifs is 4. The minimum Gasteiger partial charge on any atom is -0.477 e. The molecule has 4 heterocycles. The molecule has 2 N–H and O–H groups in total. The maximum Gasteiger partial charge on any atom is 0.354 e. The van der Waals surface area contributed by atoms with Gasteiger partial charge in [-0.05, 0) is 42.0 Å². The van der Waals surface area contributed by atoms with Crippen LogP contribution in [0.5, 0.6) is 34.5 Å². The van der Waals surface area contributed by atoms with Crippen molar-refractivity contribution in [3.05, 3.63) is 64.9 Å². The van der Waals surface area contributed by atoms with Crippen LogP contribution < -0.4 is 33.1 Å². The molecule has 3 aromatic carbocycles. The lowest BCUT2D eigenvalue weighted by atomic mass is 9.99. The highest BCUT2D eigenvalue weighted by molar-refractivity contribution is 8.08. The van der Waals surface area contributed by atoms with Gasteiger partial charge >= 0.3 is 5.97 Å². The maximum absolute atomic E-state index is 13.5. The van der Waals surface area contributed by atoms with Crippen molar-refractivity contribution in [1.29, 1.82) is 0 Å². The molecule has 0 saturated carbocycles. The van der Waals surface area contributed by atoms with Crippen LogP contribution in [-0.4, -0.2) is 39.9 Å². The van der Waals surface area contributed by atoms with Crippen LogP contribution in [-0.2, 0) is 21.2 Å². The molecule has 0 radical (unpaired) electrons. The number of aliphatic carboxylic acids is 1. The number of sulfonamides is 1. The van der Waals surface area contributed by atoms with E-state index in [0.29, 0.717) is 39.2 Å². The van der Waals surface area contributed by atoms with Crippen LogP contribution in [0.25, 0.3) is 4.91 Å². The van der Waals surface area contributed by atoms with Gasteiger partial charge in [-0.25, -0.2) is 13.2 Å². The van der Waals surface area contributed by atoms with Crippen molar-refractivity contribution in [1.82, 2.24) is 4.72 Å². The Morgan fingerprint density at radius 2 is 1.50 bits per heavy atom. The molecule has 0 fully saturated rings. The van der Waals surface area contributed by atoms with Crippen LogP contribution in [0.2, 0.25) is 0 Å². The van der Waals surface area contributed by atoms with Crippen molar-refractivity contribution in [3.63, 3.8) is 0 Å². The lowest BCUT2D eigenvalue weighted by Gasteiger charge is -2.25. The fraction of sp³-hybridized carbons (Fsp3) is 0.160. The Hall–Kier alpha value is -4.23. The third-order valence-corrected chi connectivity index (χ3v) is 8.88. The lowest BCUT2D eigenvalue weighted by molar-refractivity contribution is -0.132. The van der Waals surface area contributed by atoms with Crippen molar-refractivity contribution >= 4 is 32.7 Å². The van der Waals surface area contributed by atoms with Crippen LogP contribution in [0.3, 0.4) is 0 Å². The predicted molar refractivity (Wildman–Crippen MR) is 131 cm³/mol. The van der Waals surface area contributed by atoms with Crippen molar-refractivity contribution < 1.29 is 46.7 Å². The third kappa shape index (κ3) is 3.65. The number of carboxylic acids is 1. The number of thioether (sulfide) groups is 1. The van der Waals surface area contributed by atoms with Crippen molar-refractivity contribution in [3.8, 4) is 34.5 Å². The van der Waals surface area contributed by atoms with E-state index in [2.05, 4.69) is 4.72 Å². The summed E-state index contributed by atoms with van der Waals surface area (Å²) in [5.74, 6) is 1.42. The molecule has 0 atom stereocenters. The Kier molecular flexibility index (Phi) is 5.07. The van der Waals surface area contributed by atoms with E-state index >= 15 is 0 Å². The Balaban J connectivity index is 1.40. The van der Waals surface area contributed by atoms with E-state index in [4.69, 9.17) is 28.4 Å². The maximum atomic E-state index is 13.5. The van der Waals surface area contributed by atoms with E-state index < -0.39 is 21.7 Å². The normalized spacial score (nSPS) is 17.3. The van der Waals surface area contributed by atoms with Gasteiger partial charge in [-0.2, -0.15) is 0 Å². The first-order chi connectivity index (χ1) is 18.4. The van der Waals surface area contributed by atoms with Gasteiger partial charge < -0.3 is 33.5 Å². The Morgan fingerprint density at radius 1 is 0.842 bits per heavy atom. The van der Waals surface area contributed by atoms with E-state index in [1.807, 2.05) is 0 Å². The van der Waals surface area contributed by atoms with Gasteiger partial charge in [-0.3, -0.25) is 4.72 Å². The van der Waals surface area contributed by atoms with Gasteiger partial charge in [0.1, 0.15) is 10.6 Å². The van der Waals surface area contributed by atoms with Crippen LogP contribution in [0, 0.1) is 0 Å². The molecule has 3 aromatic rings. The number of nitrogens with one attached hydrogen (secondary N) is 1. The molecule has 0 unspecified atom stereocenters. The van der Waals surface area contributed by atoms with Crippen molar-refractivity contribution in [2.45, 2.75) is 16.2 Å². The zero-order chi connectivity index (χ0) is 26.0. The first-order valence-electron chi connectivity index (χ1n) is 11.3. The molecule has 0 aromatic heterocycles. The smallest absolute Gasteiger partial charge is 0.354 e. The summed E-state index contributed by atoms with van der Waals surface area (Å²) in [6.07, 6.45) is 0.150. The highest BCUT2D eigenvalue weighted by Gasteiger charge is 2.39. The van der Waals surface area contributed by atoms with Crippen LogP contribution >= 0.6 is 11.8 Å². The largest absolute Gasteiger partial charge is 0.477 e. The summed E-state index contributed by atoms with van der Waals surface area (Å²) in [7, 11) is -4.29. The highest BCUT2D eigenvalue weighted by Crippen LogP contribution is 2.51. The summed E-state index contributed by atoms with van der Waals surface area (Å²) in [4.78, 5) is 13.0.